The fraction of sp³-hybridized carbons (Fsp3) is 0.192. The molecule has 0 unspecified atom stereocenters. The normalized spacial score (nSPS) is 14.6. The Bertz CT molecular complexity index is 1020. The van der Waals surface area contributed by atoms with Crippen LogP contribution >= 0.6 is 11.6 Å². The second-order valence-corrected chi connectivity index (χ2v) is 8.16. The summed E-state index contributed by atoms with van der Waals surface area (Å²) in [5.41, 5.74) is 5.67. The van der Waals surface area contributed by atoms with Crippen molar-refractivity contribution in [2.24, 2.45) is 0 Å². The Morgan fingerprint density at radius 3 is 2.16 bits per heavy atom. The van der Waals surface area contributed by atoms with Gasteiger partial charge >= 0.3 is 0 Å². The van der Waals surface area contributed by atoms with Crippen LogP contribution in [0.2, 0.25) is 5.02 Å². The second-order valence-electron chi connectivity index (χ2n) is 7.72. The zero-order valence-corrected chi connectivity index (χ0v) is 18.2. The molecule has 31 heavy (non-hydrogen) atoms. The van der Waals surface area contributed by atoms with E-state index in [0.29, 0.717) is 10.9 Å². The van der Waals surface area contributed by atoms with Gasteiger partial charge in [-0.05, 0) is 52.6 Å². The quantitative estimate of drug-likeness (QED) is 0.356. The molecule has 158 valence electrons. The molecule has 4 rings (SSSR count). The van der Waals surface area contributed by atoms with Crippen LogP contribution in [0.5, 0.6) is 0 Å². The topological polar surface area (TPSA) is 51.2 Å². The summed E-state index contributed by atoms with van der Waals surface area (Å²) < 4.78 is 0. The van der Waals surface area contributed by atoms with Gasteiger partial charge in [-0.1, -0.05) is 66.2 Å². The molecule has 0 spiro atoms. The fourth-order valence-corrected chi connectivity index (χ4v) is 3.75. The third-order valence-electron chi connectivity index (χ3n) is 5.38. The molecule has 1 fully saturated rings. The van der Waals surface area contributed by atoms with Crippen LogP contribution in [0.4, 0.5) is 5.69 Å². The van der Waals surface area contributed by atoms with Crippen LogP contribution in [-0.2, 0) is 6.54 Å². The molecule has 3 aromatic rings. The van der Waals surface area contributed by atoms with Crippen molar-refractivity contribution in [1.29, 1.82) is 5.41 Å². The van der Waals surface area contributed by atoms with Gasteiger partial charge in [-0.25, -0.2) is 0 Å². The summed E-state index contributed by atoms with van der Waals surface area (Å²) in [6.07, 6.45) is 3.69. The van der Waals surface area contributed by atoms with E-state index >= 15 is 0 Å². The molecule has 0 aliphatic carbocycles. The Labute approximate surface area is 189 Å². The number of amidine groups is 1. The lowest BCUT2D eigenvalue weighted by Gasteiger charge is -2.27. The van der Waals surface area contributed by atoms with Crippen molar-refractivity contribution >= 4 is 29.2 Å². The highest BCUT2D eigenvalue weighted by Gasteiger charge is 2.09. The summed E-state index contributed by atoms with van der Waals surface area (Å²) in [4.78, 5) is 2.49. The number of nitrogens with zero attached hydrogens (tertiary/aromatic N) is 1. The van der Waals surface area contributed by atoms with E-state index in [-0.39, 0.29) is 0 Å². The van der Waals surface area contributed by atoms with E-state index in [4.69, 9.17) is 17.0 Å². The summed E-state index contributed by atoms with van der Waals surface area (Å²) in [7, 11) is 0. The van der Waals surface area contributed by atoms with Gasteiger partial charge in [-0.2, -0.15) is 0 Å². The van der Waals surface area contributed by atoms with Gasteiger partial charge in [-0.3, -0.25) is 10.3 Å². The van der Waals surface area contributed by atoms with Crippen LogP contribution < -0.4 is 10.6 Å². The van der Waals surface area contributed by atoms with Crippen LogP contribution in [0.15, 0.2) is 78.9 Å². The maximum Gasteiger partial charge on any atom is 0.122 e. The Balaban J connectivity index is 1.33. The molecule has 0 radical (unpaired) electrons. The lowest BCUT2D eigenvalue weighted by molar-refractivity contribution is 0.233. The number of halogens is 1. The van der Waals surface area contributed by atoms with E-state index in [2.05, 4.69) is 64.1 Å². The van der Waals surface area contributed by atoms with Gasteiger partial charge < -0.3 is 10.6 Å². The van der Waals surface area contributed by atoms with Crippen LogP contribution in [0.25, 0.3) is 17.2 Å². The smallest absolute Gasteiger partial charge is 0.122 e. The second kappa shape index (κ2) is 10.4. The number of piperazine rings is 1. The van der Waals surface area contributed by atoms with Crippen molar-refractivity contribution < 1.29 is 0 Å². The summed E-state index contributed by atoms with van der Waals surface area (Å²) in [6, 6.07) is 24.6. The minimum absolute atomic E-state index is 0.325. The van der Waals surface area contributed by atoms with Gasteiger partial charge in [0.2, 0.25) is 0 Å². The molecule has 0 saturated carbocycles. The Morgan fingerprint density at radius 1 is 0.903 bits per heavy atom. The molecule has 0 amide bonds. The maximum atomic E-state index is 8.08. The summed E-state index contributed by atoms with van der Waals surface area (Å²) in [5, 5.41) is 15.2. The molecular weight excluding hydrogens is 404 g/mol. The van der Waals surface area contributed by atoms with Gasteiger partial charge in [-0.15, -0.1) is 0 Å². The van der Waals surface area contributed by atoms with Crippen LogP contribution in [-0.4, -0.2) is 36.9 Å². The van der Waals surface area contributed by atoms with Crippen molar-refractivity contribution in [3.63, 3.8) is 0 Å². The highest BCUT2D eigenvalue weighted by molar-refractivity contribution is 6.30. The minimum Gasteiger partial charge on any atom is -0.341 e. The number of hydrogen-bond donors (Lipinski definition) is 3. The minimum atomic E-state index is 0.325. The van der Waals surface area contributed by atoms with Gasteiger partial charge in [0, 0.05) is 43.4 Å². The molecule has 3 N–H and O–H groups in total. The molecule has 0 bridgehead atoms. The zero-order chi connectivity index (χ0) is 21.5. The lowest BCUT2D eigenvalue weighted by atomic mass is 10.0. The summed E-state index contributed by atoms with van der Waals surface area (Å²) in [5.74, 6) is 0.325. The van der Waals surface area contributed by atoms with Crippen molar-refractivity contribution in [2.75, 3.05) is 31.5 Å². The molecule has 1 aliphatic heterocycles. The van der Waals surface area contributed by atoms with E-state index in [9.17, 15) is 0 Å². The Kier molecular flexibility index (Phi) is 7.15. The third kappa shape index (κ3) is 6.28. The number of nitrogens with one attached hydrogen (secondary N) is 3. The predicted octanol–water partition coefficient (Wildman–Crippen LogP) is 5.51. The molecule has 1 aliphatic rings. The number of benzene rings is 3. The largest absolute Gasteiger partial charge is 0.341 e. The van der Waals surface area contributed by atoms with Crippen molar-refractivity contribution in [3.05, 3.63) is 95.0 Å². The maximum absolute atomic E-state index is 8.08. The van der Waals surface area contributed by atoms with Gasteiger partial charge in [0.1, 0.15) is 5.84 Å². The van der Waals surface area contributed by atoms with E-state index in [1.807, 2.05) is 18.2 Å². The number of hydrogen-bond acceptors (Lipinski definition) is 3. The van der Waals surface area contributed by atoms with Crippen molar-refractivity contribution in [3.8, 4) is 11.1 Å². The first-order valence-corrected chi connectivity index (χ1v) is 11.0. The Morgan fingerprint density at radius 2 is 1.52 bits per heavy atom. The SMILES string of the molecule is N=C(/C=C/c1ccc(-c2ccc(CN3CCNCC3)cc2)cc1)Nc1ccc(Cl)cc1. The van der Waals surface area contributed by atoms with Gasteiger partial charge in [0.15, 0.2) is 0 Å². The lowest BCUT2D eigenvalue weighted by Crippen LogP contribution is -2.42. The summed E-state index contributed by atoms with van der Waals surface area (Å²) in [6.45, 7) is 5.40. The third-order valence-corrected chi connectivity index (χ3v) is 5.63. The van der Waals surface area contributed by atoms with Crippen molar-refractivity contribution in [2.45, 2.75) is 6.54 Å². The molecule has 0 atom stereocenters. The zero-order valence-electron chi connectivity index (χ0n) is 17.4. The molecule has 1 saturated heterocycles. The standard InChI is InChI=1S/C26H27ClN4/c27-24-10-12-25(13-11-24)30-26(28)14-5-20-1-6-22(7-2-20)23-8-3-21(4-9-23)19-31-17-15-29-16-18-31/h1-14,29H,15-19H2,(H2,28,30)/b14-5+. The van der Waals surface area contributed by atoms with Crippen molar-refractivity contribution in [1.82, 2.24) is 10.2 Å². The van der Waals surface area contributed by atoms with Gasteiger partial charge in [0.05, 0.1) is 0 Å². The van der Waals surface area contributed by atoms with Gasteiger partial charge in [0.25, 0.3) is 0 Å². The van der Waals surface area contributed by atoms with Crippen LogP contribution in [0.3, 0.4) is 0 Å². The average Bonchev–Trinajstić information content (AvgIpc) is 2.81. The number of rotatable bonds is 6. The van der Waals surface area contributed by atoms with E-state index in [1.54, 1.807) is 18.2 Å². The molecule has 5 heteroatoms. The Hall–Kier alpha value is -2.92. The first-order chi connectivity index (χ1) is 15.2. The van der Waals surface area contributed by atoms with E-state index in [1.165, 1.54) is 16.7 Å². The molecule has 4 nitrogen and oxygen atoms in total. The monoisotopic (exact) mass is 430 g/mol. The summed E-state index contributed by atoms with van der Waals surface area (Å²) >= 11 is 5.89. The molecule has 0 aromatic heterocycles. The van der Waals surface area contributed by atoms with E-state index in [0.717, 1.165) is 44.0 Å². The average molecular weight is 431 g/mol. The fourth-order valence-electron chi connectivity index (χ4n) is 3.63. The van der Waals surface area contributed by atoms with E-state index < -0.39 is 0 Å². The van der Waals surface area contributed by atoms with Crippen LogP contribution in [0.1, 0.15) is 11.1 Å². The first kappa shape index (κ1) is 21.3. The number of anilines is 1. The molecule has 1 heterocycles. The predicted molar refractivity (Wildman–Crippen MR) is 132 cm³/mol. The highest BCUT2D eigenvalue weighted by atomic mass is 35.5. The first-order valence-electron chi connectivity index (χ1n) is 10.6. The molecule has 3 aromatic carbocycles. The molecular formula is C26H27ClN4. The van der Waals surface area contributed by atoms with Crippen LogP contribution in [0, 0.1) is 5.41 Å². The highest BCUT2D eigenvalue weighted by Crippen LogP contribution is 2.21.